The standard InChI is InChI=1S/C11H16O4/c1-6-3-4-7-8(10(12)14-2)5-15-11(13)9(6)7/h5-7,9,11,13H,3-4H2,1-2H3/t6-,7+,9+,11+/m0/s1. The van der Waals surface area contributed by atoms with E-state index < -0.39 is 6.29 Å². The Kier molecular flexibility index (Phi) is 2.69. The Labute approximate surface area is 88.9 Å². The van der Waals surface area contributed by atoms with Gasteiger partial charge >= 0.3 is 5.97 Å². The molecule has 4 nitrogen and oxygen atoms in total. The summed E-state index contributed by atoms with van der Waals surface area (Å²) in [6, 6.07) is 0. The smallest absolute Gasteiger partial charge is 0.337 e. The van der Waals surface area contributed by atoms with E-state index in [1.54, 1.807) is 0 Å². The van der Waals surface area contributed by atoms with Crippen molar-refractivity contribution in [2.75, 3.05) is 7.11 Å². The molecule has 1 saturated carbocycles. The van der Waals surface area contributed by atoms with Crippen molar-refractivity contribution in [2.45, 2.75) is 26.1 Å². The number of hydrogen-bond acceptors (Lipinski definition) is 4. The highest BCUT2D eigenvalue weighted by Crippen LogP contribution is 2.45. The highest BCUT2D eigenvalue weighted by Gasteiger charge is 2.45. The molecule has 0 aromatic rings. The molecule has 0 aromatic heterocycles. The first kappa shape index (κ1) is 10.5. The minimum atomic E-state index is -0.777. The minimum absolute atomic E-state index is 0.0316. The lowest BCUT2D eigenvalue weighted by Gasteiger charge is -2.31. The van der Waals surface area contributed by atoms with Crippen LogP contribution in [-0.4, -0.2) is 24.5 Å². The second-order valence-electron chi connectivity index (χ2n) is 4.33. The van der Waals surface area contributed by atoms with Gasteiger partial charge in [0.2, 0.25) is 0 Å². The number of carbonyl (C=O) groups is 1. The van der Waals surface area contributed by atoms with Crippen LogP contribution in [0.4, 0.5) is 0 Å². The lowest BCUT2D eigenvalue weighted by Crippen LogP contribution is -2.35. The molecule has 1 fully saturated rings. The monoisotopic (exact) mass is 212 g/mol. The van der Waals surface area contributed by atoms with Gasteiger partial charge in [0, 0.05) is 11.8 Å². The Bertz CT molecular complexity index is 297. The van der Waals surface area contributed by atoms with Gasteiger partial charge in [0.1, 0.15) is 0 Å². The van der Waals surface area contributed by atoms with Gasteiger partial charge in [-0.1, -0.05) is 6.92 Å². The normalized spacial score (nSPS) is 39.0. The van der Waals surface area contributed by atoms with E-state index in [4.69, 9.17) is 9.47 Å². The van der Waals surface area contributed by atoms with E-state index in [1.165, 1.54) is 13.4 Å². The Morgan fingerprint density at radius 1 is 1.60 bits per heavy atom. The molecule has 0 spiro atoms. The molecule has 0 radical (unpaired) electrons. The quantitative estimate of drug-likeness (QED) is 0.660. The summed E-state index contributed by atoms with van der Waals surface area (Å²) < 4.78 is 9.79. The molecular formula is C11H16O4. The molecule has 0 unspecified atom stereocenters. The van der Waals surface area contributed by atoms with Gasteiger partial charge in [-0.2, -0.15) is 0 Å². The maximum absolute atomic E-state index is 11.5. The van der Waals surface area contributed by atoms with Gasteiger partial charge in [0.25, 0.3) is 0 Å². The number of methoxy groups -OCH3 is 1. The molecule has 0 saturated heterocycles. The molecule has 2 rings (SSSR count). The van der Waals surface area contributed by atoms with Crippen LogP contribution >= 0.6 is 0 Å². The molecule has 84 valence electrons. The van der Waals surface area contributed by atoms with Crippen LogP contribution in [0.1, 0.15) is 19.8 Å². The fourth-order valence-electron chi connectivity index (χ4n) is 2.71. The lowest BCUT2D eigenvalue weighted by molar-refractivity contribution is -0.144. The average Bonchev–Trinajstić information content (AvgIpc) is 2.61. The molecular weight excluding hydrogens is 196 g/mol. The summed E-state index contributed by atoms with van der Waals surface area (Å²) in [6.07, 6.45) is 2.52. The topological polar surface area (TPSA) is 55.8 Å². The molecule has 4 atom stereocenters. The van der Waals surface area contributed by atoms with E-state index in [0.717, 1.165) is 12.8 Å². The van der Waals surface area contributed by atoms with Crippen molar-refractivity contribution in [1.29, 1.82) is 0 Å². The second kappa shape index (κ2) is 3.85. The van der Waals surface area contributed by atoms with E-state index in [2.05, 4.69) is 6.92 Å². The molecule has 0 bridgehead atoms. The van der Waals surface area contributed by atoms with E-state index in [-0.39, 0.29) is 17.8 Å². The van der Waals surface area contributed by atoms with Crippen molar-refractivity contribution < 1.29 is 19.4 Å². The van der Waals surface area contributed by atoms with Crippen molar-refractivity contribution in [3.8, 4) is 0 Å². The van der Waals surface area contributed by atoms with Crippen LogP contribution in [0.3, 0.4) is 0 Å². The molecule has 4 heteroatoms. The highest BCUT2D eigenvalue weighted by atomic mass is 16.6. The summed E-state index contributed by atoms with van der Waals surface area (Å²) in [4.78, 5) is 11.5. The number of hydrogen-bond donors (Lipinski definition) is 1. The van der Waals surface area contributed by atoms with Gasteiger partial charge in [0.05, 0.1) is 18.9 Å². The van der Waals surface area contributed by atoms with Gasteiger partial charge in [0.15, 0.2) is 6.29 Å². The van der Waals surface area contributed by atoms with Crippen molar-refractivity contribution in [1.82, 2.24) is 0 Å². The van der Waals surface area contributed by atoms with Crippen LogP contribution in [0.5, 0.6) is 0 Å². The van der Waals surface area contributed by atoms with Crippen molar-refractivity contribution in [2.24, 2.45) is 17.8 Å². The number of aliphatic hydroxyl groups excluding tert-OH is 1. The second-order valence-corrected chi connectivity index (χ2v) is 4.33. The number of fused-ring (bicyclic) bond motifs is 1. The third-order valence-electron chi connectivity index (χ3n) is 3.54. The first-order valence-electron chi connectivity index (χ1n) is 5.27. The molecule has 1 aliphatic carbocycles. The van der Waals surface area contributed by atoms with Crippen LogP contribution in [0.2, 0.25) is 0 Å². The van der Waals surface area contributed by atoms with E-state index in [9.17, 15) is 9.90 Å². The van der Waals surface area contributed by atoms with Crippen molar-refractivity contribution >= 4 is 5.97 Å². The predicted molar refractivity (Wildman–Crippen MR) is 52.6 cm³/mol. The Hall–Kier alpha value is -1.03. The Morgan fingerprint density at radius 3 is 3.00 bits per heavy atom. The zero-order chi connectivity index (χ0) is 11.0. The Morgan fingerprint density at radius 2 is 2.33 bits per heavy atom. The third kappa shape index (κ3) is 1.63. The average molecular weight is 212 g/mol. The summed E-state index contributed by atoms with van der Waals surface area (Å²) in [6.45, 7) is 2.08. The zero-order valence-electron chi connectivity index (χ0n) is 8.97. The highest BCUT2D eigenvalue weighted by molar-refractivity contribution is 5.88. The summed E-state index contributed by atoms with van der Waals surface area (Å²) >= 11 is 0. The van der Waals surface area contributed by atoms with Gasteiger partial charge in [-0.3, -0.25) is 0 Å². The molecule has 1 N–H and O–H groups in total. The van der Waals surface area contributed by atoms with Crippen LogP contribution < -0.4 is 0 Å². The van der Waals surface area contributed by atoms with Gasteiger partial charge in [-0.05, 0) is 18.8 Å². The first-order valence-corrected chi connectivity index (χ1v) is 5.27. The van der Waals surface area contributed by atoms with Crippen LogP contribution in [0, 0.1) is 17.8 Å². The summed E-state index contributed by atoms with van der Waals surface area (Å²) in [7, 11) is 1.36. The molecule has 0 aromatic carbocycles. The fraction of sp³-hybridized carbons (Fsp3) is 0.727. The maximum atomic E-state index is 11.5. The van der Waals surface area contributed by atoms with Crippen LogP contribution in [-0.2, 0) is 14.3 Å². The summed E-state index contributed by atoms with van der Waals surface area (Å²) in [5.74, 6) is 0.171. The molecule has 1 aliphatic heterocycles. The number of aliphatic hydroxyl groups is 1. The predicted octanol–water partition coefficient (Wildman–Crippen LogP) is 1.05. The minimum Gasteiger partial charge on any atom is -0.472 e. The first-order chi connectivity index (χ1) is 7.15. The molecule has 1 heterocycles. The largest absolute Gasteiger partial charge is 0.472 e. The van der Waals surface area contributed by atoms with Crippen molar-refractivity contribution in [3.63, 3.8) is 0 Å². The molecule has 0 amide bonds. The maximum Gasteiger partial charge on any atom is 0.337 e. The van der Waals surface area contributed by atoms with E-state index >= 15 is 0 Å². The number of rotatable bonds is 1. The van der Waals surface area contributed by atoms with Gasteiger partial charge < -0.3 is 14.6 Å². The number of ether oxygens (including phenoxy) is 2. The fourth-order valence-corrected chi connectivity index (χ4v) is 2.71. The van der Waals surface area contributed by atoms with Gasteiger partial charge in [-0.15, -0.1) is 0 Å². The van der Waals surface area contributed by atoms with E-state index in [0.29, 0.717) is 11.5 Å². The molecule has 2 aliphatic rings. The lowest BCUT2D eigenvalue weighted by atomic mass is 9.83. The number of carbonyl (C=O) groups excluding carboxylic acids is 1. The number of esters is 1. The summed E-state index contributed by atoms with van der Waals surface area (Å²) in [5, 5.41) is 9.70. The SMILES string of the molecule is COC(=O)C1=CO[C@@H](O)[C@H]2[C@@H]1CC[C@@H]2C. The van der Waals surface area contributed by atoms with Crippen LogP contribution in [0.25, 0.3) is 0 Å². The van der Waals surface area contributed by atoms with Gasteiger partial charge in [-0.25, -0.2) is 4.79 Å². The van der Waals surface area contributed by atoms with Crippen LogP contribution in [0.15, 0.2) is 11.8 Å². The molecule has 15 heavy (non-hydrogen) atoms. The zero-order valence-corrected chi connectivity index (χ0v) is 8.97. The summed E-state index contributed by atoms with van der Waals surface area (Å²) in [5.41, 5.74) is 0.567. The van der Waals surface area contributed by atoms with Crippen molar-refractivity contribution in [3.05, 3.63) is 11.8 Å². The Balaban J connectivity index is 2.24. The third-order valence-corrected chi connectivity index (χ3v) is 3.54. The van der Waals surface area contributed by atoms with E-state index in [1.807, 2.05) is 0 Å².